The molecule has 112 valence electrons. The molecule has 0 saturated carbocycles. The standard InChI is InChI=1S/C14H21BrN2O2S/c1-11-5-6-14(13(15)10-11)17-20(18,19)9-7-12-4-2-3-8-16-12/h5-6,10,12,16-17H,2-4,7-9H2,1H3. The van der Waals surface area contributed by atoms with Crippen LogP contribution in [0.4, 0.5) is 5.69 Å². The topological polar surface area (TPSA) is 58.2 Å². The maximum atomic E-state index is 12.1. The summed E-state index contributed by atoms with van der Waals surface area (Å²) in [7, 11) is -3.29. The molecule has 1 fully saturated rings. The van der Waals surface area contributed by atoms with Gasteiger partial charge in [-0.2, -0.15) is 0 Å². The number of benzene rings is 1. The Bertz CT molecular complexity index is 554. The summed E-state index contributed by atoms with van der Waals surface area (Å²) in [5.41, 5.74) is 1.69. The molecule has 0 amide bonds. The van der Waals surface area contributed by atoms with Gasteiger partial charge >= 0.3 is 0 Å². The van der Waals surface area contributed by atoms with E-state index in [9.17, 15) is 8.42 Å². The number of hydrogen-bond acceptors (Lipinski definition) is 3. The predicted molar refractivity (Wildman–Crippen MR) is 86.5 cm³/mol. The molecular formula is C14H21BrN2O2S. The second-order valence-electron chi connectivity index (χ2n) is 5.34. The van der Waals surface area contributed by atoms with Gasteiger partial charge in [0.05, 0.1) is 11.4 Å². The smallest absolute Gasteiger partial charge is 0.232 e. The lowest BCUT2D eigenvalue weighted by molar-refractivity contribution is 0.393. The van der Waals surface area contributed by atoms with Crippen molar-refractivity contribution in [1.29, 1.82) is 0 Å². The van der Waals surface area contributed by atoms with Crippen molar-refractivity contribution in [3.8, 4) is 0 Å². The van der Waals surface area contributed by atoms with E-state index in [4.69, 9.17) is 0 Å². The molecule has 4 nitrogen and oxygen atoms in total. The van der Waals surface area contributed by atoms with E-state index in [1.54, 1.807) is 6.07 Å². The molecule has 20 heavy (non-hydrogen) atoms. The van der Waals surface area contributed by atoms with Gasteiger partial charge in [-0.25, -0.2) is 8.42 Å². The summed E-state index contributed by atoms with van der Waals surface area (Å²) in [5, 5.41) is 3.37. The third-order valence-corrected chi connectivity index (χ3v) is 5.50. The van der Waals surface area contributed by atoms with E-state index in [1.807, 2.05) is 19.1 Å². The lowest BCUT2D eigenvalue weighted by Gasteiger charge is -2.23. The zero-order valence-corrected chi connectivity index (χ0v) is 14.1. The number of aryl methyl sites for hydroxylation is 1. The van der Waals surface area contributed by atoms with Gasteiger partial charge in [0.1, 0.15) is 0 Å². The Labute approximate surface area is 129 Å². The van der Waals surface area contributed by atoms with E-state index in [2.05, 4.69) is 26.0 Å². The van der Waals surface area contributed by atoms with E-state index >= 15 is 0 Å². The SMILES string of the molecule is Cc1ccc(NS(=O)(=O)CCC2CCCCN2)c(Br)c1. The summed E-state index contributed by atoms with van der Waals surface area (Å²) in [5.74, 6) is 0.158. The lowest BCUT2D eigenvalue weighted by Crippen LogP contribution is -2.36. The quantitative estimate of drug-likeness (QED) is 0.848. The van der Waals surface area contributed by atoms with E-state index in [0.717, 1.165) is 23.0 Å². The average molecular weight is 361 g/mol. The van der Waals surface area contributed by atoms with Gasteiger partial charge in [0, 0.05) is 10.5 Å². The molecule has 1 atom stereocenters. The van der Waals surface area contributed by atoms with Gasteiger partial charge in [0.2, 0.25) is 10.0 Å². The Morgan fingerprint density at radius 1 is 1.40 bits per heavy atom. The van der Waals surface area contributed by atoms with Crippen molar-refractivity contribution in [2.45, 2.75) is 38.6 Å². The molecule has 6 heteroatoms. The minimum absolute atomic E-state index is 0.158. The van der Waals surface area contributed by atoms with Gasteiger partial charge in [-0.3, -0.25) is 4.72 Å². The van der Waals surface area contributed by atoms with E-state index < -0.39 is 10.0 Å². The first kappa shape index (κ1) is 15.8. The number of hydrogen-bond donors (Lipinski definition) is 2. The average Bonchev–Trinajstić information content (AvgIpc) is 2.41. The van der Waals surface area contributed by atoms with E-state index in [1.165, 1.54) is 12.8 Å². The van der Waals surface area contributed by atoms with Crippen LogP contribution >= 0.6 is 15.9 Å². The van der Waals surface area contributed by atoms with Crippen molar-refractivity contribution < 1.29 is 8.42 Å². The third kappa shape index (κ3) is 4.75. The van der Waals surface area contributed by atoms with Crippen molar-refractivity contribution in [2.75, 3.05) is 17.0 Å². The third-order valence-electron chi connectivity index (χ3n) is 3.54. The molecule has 0 aromatic heterocycles. The van der Waals surface area contributed by atoms with E-state index in [0.29, 0.717) is 18.2 Å². The number of sulfonamides is 1. The first-order valence-corrected chi connectivity index (χ1v) is 9.41. The second-order valence-corrected chi connectivity index (χ2v) is 8.04. The van der Waals surface area contributed by atoms with Crippen molar-refractivity contribution in [2.24, 2.45) is 0 Å². The van der Waals surface area contributed by atoms with Crippen molar-refractivity contribution in [3.05, 3.63) is 28.2 Å². The van der Waals surface area contributed by atoms with Gasteiger partial charge in [-0.05, 0) is 66.4 Å². The summed E-state index contributed by atoms with van der Waals surface area (Å²) in [4.78, 5) is 0. The fraction of sp³-hybridized carbons (Fsp3) is 0.571. The molecule has 1 aromatic carbocycles. The van der Waals surface area contributed by atoms with Crippen LogP contribution in [-0.4, -0.2) is 26.8 Å². The molecule has 1 unspecified atom stereocenters. The Hall–Kier alpha value is -0.590. The van der Waals surface area contributed by atoms with Gasteiger partial charge in [-0.15, -0.1) is 0 Å². The highest BCUT2D eigenvalue weighted by molar-refractivity contribution is 9.10. The molecule has 1 heterocycles. The number of anilines is 1. The number of nitrogens with one attached hydrogen (secondary N) is 2. The van der Waals surface area contributed by atoms with Crippen LogP contribution < -0.4 is 10.0 Å². The van der Waals surface area contributed by atoms with Gasteiger partial charge in [0.25, 0.3) is 0 Å². The first-order chi connectivity index (χ1) is 9.46. The number of halogens is 1. The summed E-state index contributed by atoms with van der Waals surface area (Å²) in [6, 6.07) is 5.92. The predicted octanol–water partition coefficient (Wildman–Crippen LogP) is 3.03. The first-order valence-electron chi connectivity index (χ1n) is 6.96. The van der Waals surface area contributed by atoms with Crippen LogP contribution in [0.3, 0.4) is 0 Å². The normalized spacial score (nSPS) is 19.8. The van der Waals surface area contributed by atoms with Crippen molar-refractivity contribution in [1.82, 2.24) is 5.32 Å². The van der Waals surface area contributed by atoms with Gasteiger partial charge in [0.15, 0.2) is 0 Å². The molecule has 1 saturated heterocycles. The molecule has 2 rings (SSSR count). The Kier molecular flexibility index (Phi) is 5.46. The van der Waals surface area contributed by atoms with E-state index in [-0.39, 0.29) is 5.75 Å². The zero-order chi connectivity index (χ0) is 14.6. The van der Waals surface area contributed by atoms with Crippen LogP contribution in [-0.2, 0) is 10.0 Å². The molecular weight excluding hydrogens is 340 g/mol. The molecule has 0 radical (unpaired) electrons. The van der Waals surface area contributed by atoms with Crippen molar-refractivity contribution in [3.63, 3.8) is 0 Å². The summed E-state index contributed by atoms with van der Waals surface area (Å²) in [6.45, 7) is 2.97. The van der Waals surface area contributed by atoms with Crippen LogP contribution in [0.15, 0.2) is 22.7 Å². The van der Waals surface area contributed by atoms with Crippen LogP contribution in [0, 0.1) is 6.92 Å². The van der Waals surface area contributed by atoms with Crippen LogP contribution in [0.1, 0.15) is 31.2 Å². The summed E-state index contributed by atoms with van der Waals surface area (Å²) in [6.07, 6.45) is 4.12. The summed E-state index contributed by atoms with van der Waals surface area (Å²) < 4.78 is 27.7. The number of rotatable bonds is 5. The molecule has 1 aromatic rings. The molecule has 1 aliphatic heterocycles. The molecule has 1 aliphatic rings. The minimum atomic E-state index is -3.29. The second kappa shape index (κ2) is 6.91. The highest BCUT2D eigenvalue weighted by atomic mass is 79.9. The molecule has 0 spiro atoms. The highest BCUT2D eigenvalue weighted by Crippen LogP contribution is 2.24. The minimum Gasteiger partial charge on any atom is -0.314 e. The fourth-order valence-corrected chi connectivity index (χ4v) is 4.32. The van der Waals surface area contributed by atoms with Crippen molar-refractivity contribution >= 4 is 31.6 Å². The Balaban J connectivity index is 1.93. The number of piperidine rings is 1. The van der Waals surface area contributed by atoms with Crippen LogP contribution in [0.25, 0.3) is 0 Å². The Morgan fingerprint density at radius 3 is 2.85 bits per heavy atom. The maximum absolute atomic E-state index is 12.1. The Morgan fingerprint density at radius 2 is 2.20 bits per heavy atom. The lowest BCUT2D eigenvalue weighted by atomic mass is 10.0. The largest absolute Gasteiger partial charge is 0.314 e. The van der Waals surface area contributed by atoms with Gasteiger partial charge < -0.3 is 5.32 Å². The monoisotopic (exact) mass is 360 g/mol. The molecule has 2 N–H and O–H groups in total. The van der Waals surface area contributed by atoms with Gasteiger partial charge in [-0.1, -0.05) is 12.5 Å². The molecule has 0 aliphatic carbocycles. The summed E-state index contributed by atoms with van der Waals surface area (Å²) >= 11 is 3.39. The highest BCUT2D eigenvalue weighted by Gasteiger charge is 2.18. The zero-order valence-electron chi connectivity index (χ0n) is 11.7. The maximum Gasteiger partial charge on any atom is 0.232 e. The van der Waals surface area contributed by atoms with Crippen LogP contribution in [0.5, 0.6) is 0 Å². The van der Waals surface area contributed by atoms with Crippen LogP contribution in [0.2, 0.25) is 0 Å². The fourth-order valence-electron chi connectivity index (χ4n) is 2.39. The molecule has 0 bridgehead atoms.